The van der Waals surface area contributed by atoms with Gasteiger partial charge in [0.25, 0.3) is 0 Å². The molecule has 0 aliphatic carbocycles. The van der Waals surface area contributed by atoms with Crippen molar-refractivity contribution in [2.24, 2.45) is 5.73 Å². The first kappa shape index (κ1) is 14.8. The molecule has 0 bridgehead atoms. The Bertz CT molecular complexity index is 548. The number of rotatable bonds is 6. The second-order valence-corrected chi connectivity index (χ2v) is 4.96. The largest absolute Gasteiger partial charge is 0.480 e. The average Bonchev–Trinajstić information content (AvgIpc) is 2.86. The maximum Gasteiger partial charge on any atom is 0.326 e. The maximum atomic E-state index is 12.1. The van der Waals surface area contributed by atoms with E-state index < -0.39 is 29.9 Å². The molecular formula is C14H17N3O4. The number of anilines is 1. The fourth-order valence-corrected chi connectivity index (χ4v) is 2.27. The number of carboxylic acids is 1. The van der Waals surface area contributed by atoms with Crippen molar-refractivity contribution in [2.75, 3.05) is 5.32 Å². The van der Waals surface area contributed by atoms with Crippen molar-refractivity contribution in [2.45, 2.75) is 31.3 Å². The quantitative estimate of drug-likeness (QED) is 0.581. The molecule has 0 aromatic heterocycles. The van der Waals surface area contributed by atoms with Crippen molar-refractivity contribution in [1.29, 1.82) is 0 Å². The van der Waals surface area contributed by atoms with Crippen molar-refractivity contribution in [1.82, 2.24) is 5.32 Å². The molecule has 7 nitrogen and oxygen atoms in total. The fourth-order valence-electron chi connectivity index (χ4n) is 2.27. The standard InChI is InChI=1S/C14H17N3O4/c15-12(18)6-5-10(14(20)21)17-13(19)11-7-8-3-1-2-4-9(8)16-11/h1-4,10-11,16H,5-7H2,(H2,15,18)(H,17,19)(H,20,21)/t10-,11?/m0/s1. The Balaban J connectivity index is 1.94. The predicted molar refractivity (Wildman–Crippen MR) is 75.6 cm³/mol. The van der Waals surface area contributed by atoms with Gasteiger partial charge in [-0.3, -0.25) is 9.59 Å². The summed E-state index contributed by atoms with van der Waals surface area (Å²) in [6, 6.07) is 5.91. The highest BCUT2D eigenvalue weighted by molar-refractivity contribution is 5.90. The summed E-state index contributed by atoms with van der Waals surface area (Å²) < 4.78 is 0. The van der Waals surface area contributed by atoms with Crippen LogP contribution in [0, 0.1) is 0 Å². The van der Waals surface area contributed by atoms with E-state index in [1.54, 1.807) is 0 Å². The molecule has 1 unspecified atom stereocenters. The van der Waals surface area contributed by atoms with Crippen LogP contribution in [0.15, 0.2) is 24.3 Å². The number of carbonyl (C=O) groups is 3. The zero-order chi connectivity index (χ0) is 15.4. The minimum absolute atomic E-state index is 0.0178. The van der Waals surface area contributed by atoms with E-state index in [1.165, 1.54) is 0 Å². The van der Waals surface area contributed by atoms with E-state index in [9.17, 15) is 14.4 Å². The Morgan fingerprint density at radius 3 is 2.71 bits per heavy atom. The van der Waals surface area contributed by atoms with Crippen LogP contribution in [0.4, 0.5) is 5.69 Å². The maximum absolute atomic E-state index is 12.1. The second kappa shape index (κ2) is 6.25. The third-order valence-corrected chi connectivity index (χ3v) is 3.38. The number of carboxylic acid groups (broad SMARTS) is 1. The van der Waals surface area contributed by atoms with Gasteiger partial charge in [0.1, 0.15) is 12.1 Å². The molecule has 0 saturated heterocycles. The summed E-state index contributed by atoms with van der Waals surface area (Å²) >= 11 is 0. The zero-order valence-electron chi connectivity index (χ0n) is 11.3. The molecule has 0 spiro atoms. The first-order valence-corrected chi connectivity index (χ1v) is 6.63. The minimum Gasteiger partial charge on any atom is -0.480 e. The molecule has 2 amide bonds. The topological polar surface area (TPSA) is 122 Å². The number of fused-ring (bicyclic) bond motifs is 1. The van der Waals surface area contributed by atoms with Gasteiger partial charge in [0, 0.05) is 18.5 Å². The molecule has 7 heteroatoms. The van der Waals surface area contributed by atoms with E-state index in [4.69, 9.17) is 10.8 Å². The Morgan fingerprint density at radius 2 is 2.10 bits per heavy atom. The van der Waals surface area contributed by atoms with Gasteiger partial charge in [-0.05, 0) is 18.1 Å². The van der Waals surface area contributed by atoms with E-state index in [0.29, 0.717) is 6.42 Å². The van der Waals surface area contributed by atoms with Crippen LogP contribution in [0.3, 0.4) is 0 Å². The lowest BCUT2D eigenvalue weighted by Crippen LogP contribution is -2.47. The number of aliphatic carboxylic acids is 1. The van der Waals surface area contributed by atoms with Crippen molar-refractivity contribution in [3.63, 3.8) is 0 Å². The Kier molecular flexibility index (Phi) is 4.42. The van der Waals surface area contributed by atoms with Crippen LogP contribution in [-0.4, -0.2) is 35.0 Å². The summed E-state index contributed by atoms with van der Waals surface area (Å²) in [4.78, 5) is 33.9. The van der Waals surface area contributed by atoms with Crippen LogP contribution in [0.25, 0.3) is 0 Å². The zero-order valence-corrected chi connectivity index (χ0v) is 11.3. The van der Waals surface area contributed by atoms with Gasteiger partial charge in [0.05, 0.1) is 0 Å². The van der Waals surface area contributed by atoms with Gasteiger partial charge in [-0.25, -0.2) is 4.79 Å². The highest BCUT2D eigenvalue weighted by Crippen LogP contribution is 2.25. The third-order valence-electron chi connectivity index (χ3n) is 3.38. The van der Waals surface area contributed by atoms with Crippen molar-refractivity contribution in [3.05, 3.63) is 29.8 Å². The summed E-state index contributed by atoms with van der Waals surface area (Å²) in [5.74, 6) is -2.18. The lowest BCUT2D eigenvalue weighted by Gasteiger charge is -2.17. The Labute approximate surface area is 121 Å². The van der Waals surface area contributed by atoms with Crippen molar-refractivity contribution < 1.29 is 19.5 Å². The molecule has 1 aliphatic heterocycles. The molecule has 0 radical (unpaired) electrons. The smallest absolute Gasteiger partial charge is 0.326 e. The lowest BCUT2D eigenvalue weighted by molar-refractivity contribution is -0.142. The van der Waals surface area contributed by atoms with Gasteiger partial charge < -0.3 is 21.5 Å². The number of hydrogen-bond acceptors (Lipinski definition) is 4. The van der Waals surface area contributed by atoms with Crippen LogP contribution in [-0.2, 0) is 20.8 Å². The Morgan fingerprint density at radius 1 is 1.38 bits per heavy atom. The SMILES string of the molecule is NC(=O)CC[C@H](NC(=O)C1Cc2ccccc2N1)C(=O)O. The van der Waals surface area contributed by atoms with Gasteiger partial charge in [0.2, 0.25) is 11.8 Å². The van der Waals surface area contributed by atoms with Crippen LogP contribution < -0.4 is 16.4 Å². The number of primary amides is 1. The molecular weight excluding hydrogens is 274 g/mol. The summed E-state index contributed by atoms with van der Waals surface area (Å²) in [6.45, 7) is 0. The fraction of sp³-hybridized carbons (Fsp3) is 0.357. The van der Waals surface area contributed by atoms with E-state index in [-0.39, 0.29) is 12.8 Å². The summed E-state index contributed by atoms with van der Waals surface area (Å²) in [6.07, 6.45) is 0.399. The normalized spacial score (nSPS) is 17.4. The Hall–Kier alpha value is -2.57. The molecule has 2 atom stereocenters. The minimum atomic E-state index is -1.18. The van der Waals surface area contributed by atoms with Gasteiger partial charge in [-0.15, -0.1) is 0 Å². The molecule has 21 heavy (non-hydrogen) atoms. The van der Waals surface area contributed by atoms with Crippen molar-refractivity contribution >= 4 is 23.5 Å². The summed E-state index contributed by atoms with van der Waals surface area (Å²) in [5, 5.41) is 14.6. The molecule has 5 N–H and O–H groups in total. The van der Waals surface area contributed by atoms with Gasteiger partial charge in [-0.2, -0.15) is 0 Å². The average molecular weight is 291 g/mol. The highest BCUT2D eigenvalue weighted by atomic mass is 16.4. The molecule has 112 valence electrons. The van der Waals surface area contributed by atoms with Crippen LogP contribution in [0.1, 0.15) is 18.4 Å². The summed E-state index contributed by atoms with van der Waals surface area (Å²) in [7, 11) is 0. The van der Waals surface area contributed by atoms with E-state index in [1.807, 2.05) is 24.3 Å². The third kappa shape index (κ3) is 3.71. The first-order valence-electron chi connectivity index (χ1n) is 6.63. The molecule has 1 aliphatic rings. The second-order valence-electron chi connectivity index (χ2n) is 4.96. The molecule has 0 saturated carbocycles. The van der Waals surface area contributed by atoms with Crippen molar-refractivity contribution in [3.8, 4) is 0 Å². The van der Waals surface area contributed by atoms with Crippen LogP contribution >= 0.6 is 0 Å². The van der Waals surface area contributed by atoms with Gasteiger partial charge in [-0.1, -0.05) is 18.2 Å². The van der Waals surface area contributed by atoms with E-state index >= 15 is 0 Å². The number of nitrogens with two attached hydrogens (primary N) is 1. The molecule has 2 rings (SSSR count). The van der Waals surface area contributed by atoms with Crippen LogP contribution in [0.2, 0.25) is 0 Å². The molecule has 1 aromatic rings. The molecule has 1 aromatic carbocycles. The number of amides is 2. The lowest BCUT2D eigenvalue weighted by atomic mass is 10.1. The summed E-state index contributed by atoms with van der Waals surface area (Å²) in [5.41, 5.74) is 6.89. The molecule has 0 fully saturated rings. The predicted octanol–water partition coefficient (Wildman–Crippen LogP) is -0.142. The van der Waals surface area contributed by atoms with Crippen LogP contribution in [0.5, 0.6) is 0 Å². The number of benzene rings is 1. The molecule has 1 heterocycles. The monoisotopic (exact) mass is 291 g/mol. The first-order chi connectivity index (χ1) is 9.97. The number of nitrogens with one attached hydrogen (secondary N) is 2. The number of carbonyl (C=O) groups excluding carboxylic acids is 2. The van der Waals surface area contributed by atoms with E-state index in [0.717, 1.165) is 11.3 Å². The number of para-hydroxylation sites is 1. The van der Waals surface area contributed by atoms with E-state index in [2.05, 4.69) is 10.6 Å². The number of hydrogen-bond donors (Lipinski definition) is 4. The highest BCUT2D eigenvalue weighted by Gasteiger charge is 2.29. The van der Waals surface area contributed by atoms with Gasteiger partial charge >= 0.3 is 5.97 Å². The van der Waals surface area contributed by atoms with Gasteiger partial charge in [0.15, 0.2) is 0 Å².